The number of aryl methyl sites for hydroxylation is 1. The fraction of sp³-hybridized carbons (Fsp3) is 0.562. The van der Waals surface area contributed by atoms with Gasteiger partial charge in [-0.25, -0.2) is 0 Å². The molecule has 1 aromatic rings. The maximum atomic E-state index is 12.3. The fourth-order valence-electron chi connectivity index (χ4n) is 2.16. The van der Waals surface area contributed by atoms with Gasteiger partial charge in [-0.15, -0.1) is 0 Å². The van der Waals surface area contributed by atoms with Gasteiger partial charge in [-0.1, -0.05) is 29.8 Å². The average molecular weight is 261 g/mol. The summed E-state index contributed by atoms with van der Waals surface area (Å²) in [7, 11) is 0. The molecule has 3 nitrogen and oxygen atoms in total. The molecule has 0 saturated heterocycles. The van der Waals surface area contributed by atoms with Gasteiger partial charge in [0.25, 0.3) is 0 Å². The van der Waals surface area contributed by atoms with Gasteiger partial charge in [0, 0.05) is 12.0 Å². The maximum Gasteiger partial charge on any atom is 0.230 e. The standard InChI is InChI=1S/C16H23NO2/c1-12-4-6-13(7-5-12)15(2,3)14(19)17-10-16(11-18)8-9-16/h4-7,18H,8-11H2,1-3H3,(H,17,19). The summed E-state index contributed by atoms with van der Waals surface area (Å²) in [6, 6.07) is 8.07. The molecule has 0 aliphatic heterocycles. The largest absolute Gasteiger partial charge is 0.396 e. The molecule has 1 aliphatic carbocycles. The van der Waals surface area contributed by atoms with Gasteiger partial charge in [0.1, 0.15) is 0 Å². The van der Waals surface area contributed by atoms with Crippen molar-refractivity contribution in [3.8, 4) is 0 Å². The highest BCUT2D eigenvalue weighted by atomic mass is 16.3. The van der Waals surface area contributed by atoms with Crippen LogP contribution in [0.5, 0.6) is 0 Å². The molecule has 0 heterocycles. The Morgan fingerprint density at radius 2 is 1.89 bits per heavy atom. The molecule has 2 rings (SSSR count). The van der Waals surface area contributed by atoms with E-state index in [0.29, 0.717) is 6.54 Å². The van der Waals surface area contributed by atoms with E-state index in [1.165, 1.54) is 5.56 Å². The molecule has 0 unspecified atom stereocenters. The number of benzene rings is 1. The first-order valence-corrected chi connectivity index (χ1v) is 6.86. The van der Waals surface area contributed by atoms with E-state index in [4.69, 9.17) is 0 Å². The smallest absolute Gasteiger partial charge is 0.230 e. The predicted octanol–water partition coefficient (Wildman–Crippen LogP) is 2.16. The van der Waals surface area contributed by atoms with Crippen LogP contribution >= 0.6 is 0 Å². The lowest BCUT2D eigenvalue weighted by Gasteiger charge is -2.25. The molecular formula is C16H23NO2. The number of nitrogens with one attached hydrogen (secondary N) is 1. The predicted molar refractivity (Wildman–Crippen MR) is 76.0 cm³/mol. The van der Waals surface area contributed by atoms with Crippen LogP contribution in [0, 0.1) is 12.3 Å². The van der Waals surface area contributed by atoms with Crippen molar-refractivity contribution in [2.75, 3.05) is 13.2 Å². The van der Waals surface area contributed by atoms with Crippen LogP contribution in [0.15, 0.2) is 24.3 Å². The number of carbonyl (C=O) groups is 1. The van der Waals surface area contributed by atoms with Crippen LogP contribution in [-0.4, -0.2) is 24.2 Å². The lowest BCUT2D eigenvalue weighted by molar-refractivity contribution is -0.126. The Balaban J connectivity index is 2.02. The highest BCUT2D eigenvalue weighted by molar-refractivity contribution is 5.87. The third kappa shape index (κ3) is 2.98. The minimum Gasteiger partial charge on any atom is -0.396 e. The van der Waals surface area contributed by atoms with E-state index in [2.05, 4.69) is 5.32 Å². The minimum atomic E-state index is -0.542. The van der Waals surface area contributed by atoms with Crippen molar-refractivity contribution in [2.45, 2.75) is 39.0 Å². The van der Waals surface area contributed by atoms with Crippen LogP contribution in [0.4, 0.5) is 0 Å². The lowest BCUT2D eigenvalue weighted by atomic mass is 9.83. The summed E-state index contributed by atoms with van der Waals surface area (Å²) in [5, 5.41) is 12.3. The van der Waals surface area contributed by atoms with Crippen molar-refractivity contribution in [3.05, 3.63) is 35.4 Å². The van der Waals surface area contributed by atoms with Gasteiger partial charge >= 0.3 is 0 Å². The van der Waals surface area contributed by atoms with Crippen LogP contribution in [0.25, 0.3) is 0 Å². The summed E-state index contributed by atoms with van der Waals surface area (Å²) in [6.45, 7) is 6.65. The van der Waals surface area contributed by atoms with Gasteiger partial charge in [0.05, 0.1) is 12.0 Å². The van der Waals surface area contributed by atoms with Crippen LogP contribution in [-0.2, 0) is 10.2 Å². The van der Waals surface area contributed by atoms with E-state index in [9.17, 15) is 9.90 Å². The molecule has 104 valence electrons. The fourth-order valence-corrected chi connectivity index (χ4v) is 2.16. The molecule has 0 atom stereocenters. The normalized spacial score (nSPS) is 17.1. The molecule has 1 aliphatic rings. The van der Waals surface area contributed by atoms with Crippen molar-refractivity contribution in [1.29, 1.82) is 0 Å². The monoisotopic (exact) mass is 261 g/mol. The molecule has 1 amide bonds. The number of amides is 1. The molecule has 3 heteroatoms. The second kappa shape index (κ2) is 4.97. The Morgan fingerprint density at radius 3 is 2.37 bits per heavy atom. The van der Waals surface area contributed by atoms with Gasteiger partial charge in [-0.2, -0.15) is 0 Å². The summed E-state index contributed by atoms with van der Waals surface area (Å²) >= 11 is 0. The third-order valence-electron chi connectivity index (χ3n) is 4.26. The van der Waals surface area contributed by atoms with Gasteiger partial charge in [0.15, 0.2) is 0 Å². The van der Waals surface area contributed by atoms with Gasteiger partial charge in [-0.05, 0) is 39.2 Å². The number of carbonyl (C=O) groups excluding carboxylic acids is 1. The molecule has 2 N–H and O–H groups in total. The Labute approximate surface area is 115 Å². The molecule has 0 radical (unpaired) electrons. The van der Waals surface area contributed by atoms with Crippen LogP contribution in [0.1, 0.15) is 37.8 Å². The highest BCUT2D eigenvalue weighted by Crippen LogP contribution is 2.44. The lowest BCUT2D eigenvalue weighted by Crippen LogP contribution is -2.43. The van der Waals surface area contributed by atoms with E-state index >= 15 is 0 Å². The molecular weight excluding hydrogens is 238 g/mol. The first-order chi connectivity index (χ1) is 8.89. The van der Waals surface area contributed by atoms with Gasteiger partial charge in [-0.3, -0.25) is 4.79 Å². The van der Waals surface area contributed by atoms with E-state index in [0.717, 1.165) is 18.4 Å². The van der Waals surface area contributed by atoms with Crippen molar-refractivity contribution in [1.82, 2.24) is 5.32 Å². The summed E-state index contributed by atoms with van der Waals surface area (Å²) < 4.78 is 0. The SMILES string of the molecule is Cc1ccc(C(C)(C)C(=O)NCC2(CO)CC2)cc1. The average Bonchev–Trinajstić information content (AvgIpc) is 3.17. The zero-order valence-corrected chi connectivity index (χ0v) is 12.0. The third-order valence-corrected chi connectivity index (χ3v) is 4.26. The molecule has 0 spiro atoms. The van der Waals surface area contributed by atoms with Crippen molar-refractivity contribution >= 4 is 5.91 Å². The number of hydrogen-bond acceptors (Lipinski definition) is 2. The van der Waals surface area contributed by atoms with Crippen molar-refractivity contribution < 1.29 is 9.90 Å². The summed E-state index contributed by atoms with van der Waals surface area (Å²) in [6.07, 6.45) is 2.02. The quantitative estimate of drug-likeness (QED) is 0.853. The zero-order valence-electron chi connectivity index (χ0n) is 12.0. The summed E-state index contributed by atoms with van der Waals surface area (Å²) in [5.74, 6) is 0.0241. The van der Waals surface area contributed by atoms with Crippen molar-refractivity contribution in [3.63, 3.8) is 0 Å². The van der Waals surface area contributed by atoms with Crippen LogP contribution in [0.2, 0.25) is 0 Å². The second-order valence-corrected chi connectivity index (χ2v) is 6.33. The highest BCUT2D eigenvalue weighted by Gasteiger charge is 2.43. The Bertz CT molecular complexity index is 458. The van der Waals surface area contributed by atoms with Crippen LogP contribution < -0.4 is 5.32 Å². The number of hydrogen-bond donors (Lipinski definition) is 2. The minimum absolute atomic E-state index is 0.0241. The number of rotatable bonds is 5. The molecule has 1 saturated carbocycles. The van der Waals surface area contributed by atoms with E-state index < -0.39 is 5.41 Å². The molecule has 0 bridgehead atoms. The van der Waals surface area contributed by atoms with Crippen molar-refractivity contribution in [2.24, 2.45) is 5.41 Å². The second-order valence-electron chi connectivity index (χ2n) is 6.33. The Hall–Kier alpha value is -1.35. The van der Waals surface area contributed by atoms with E-state index in [-0.39, 0.29) is 17.9 Å². The zero-order chi connectivity index (χ0) is 14.1. The number of aliphatic hydroxyl groups excluding tert-OH is 1. The van der Waals surface area contributed by atoms with Crippen LogP contribution in [0.3, 0.4) is 0 Å². The molecule has 0 aromatic heterocycles. The summed E-state index contributed by atoms with van der Waals surface area (Å²) in [5.41, 5.74) is 1.62. The Kier molecular flexibility index (Phi) is 3.68. The Morgan fingerprint density at radius 1 is 1.32 bits per heavy atom. The van der Waals surface area contributed by atoms with E-state index in [1.54, 1.807) is 0 Å². The van der Waals surface area contributed by atoms with E-state index in [1.807, 2.05) is 45.0 Å². The topological polar surface area (TPSA) is 49.3 Å². The first kappa shape index (κ1) is 14.1. The molecule has 1 aromatic carbocycles. The first-order valence-electron chi connectivity index (χ1n) is 6.86. The molecule has 19 heavy (non-hydrogen) atoms. The number of aliphatic hydroxyl groups is 1. The van der Waals surface area contributed by atoms with Gasteiger partial charge in [0.2, 0.25) is 5.91 Å². The molecule has 1 fully saturated rings. The maximum absolute atomic E-state index is 12.3. The van der Waals surface area contributed by atoms with Gasteiger partial charge < -0.3 is 10.4 Å². The summed E-state index contributed by atoms with van der Waals surface area (Å²) in [4.78, 5) is 12.3.